The van der Waals surface area contributed by atoms with Crippen LogP contribution in [0.3, 0.4) is 0 Å². The Labute approximate surface area is 116 Å². The minimum absolute atomic E-state index is 0.117. The summed E-state index contributed by atoms with van der Waals surface area (Å²) in [4.78, 5) is 12.0. The molecule has 1 aromatic rings. The van der Waals surface area contributed by atoms with Crippen LogP contribution in [0.5, 0.6) is 0 Å². The highest BCUT2D eigenvalue weighted by atomic mass is 79.9. The molecule has 1 unspecified atom stereocenters. The predicted octanol–water partition coefficient (Wildman–Crippen LogP) is 3.56. The molecule has 0 radical (unpaired) electrons. The van der Waals surface area contributed by atoms with Crippen LogP contribution in [-0.4, -0.2) is 18.5 Å². The van der Waals surface area contributed by atoms with Crippen LogP contribution >= 0.6 is 15.9 Å². The molecule has 1 aliphatic rings. The number of nitrogens with two attached hydrogens (primary N) is 1. The quantitative estimate of drug-likeness (QED) is 0.668. The SMILES string of the molecule is Nc1ccc(Br)cc1C(=O)CCCC1CCCO1. The molecule has 1 atom stereocenters. The smallest absolute Gasteiger partial charge is 0.164 e. The maximum atomic E-state index is 12.0. The molecule has 0 amide bonds. The number of ether oxygens (including phenoxy) is 1. The van der Waals surface area contributed by atoms with E-state index in [-0.39, 0.29) is 5.78 Å². The van der Waals surface area contributed by atoms with Crippen molar-refractivity contribution in [2.24, 2.45) is 0 Å². The van der Waals surface area contributed by atoms with Crippen LogP contribution in [0.1, 0.15) is 42.5 Å². The standard InChI is InChI=1S/C14H18BrNO2/c15-10-6-7-13(16)12(9-10)14(17)5-1-3-11-4-2-8-18-11/h6-7,9,11H,1-5,8,16H2. The molecular formula is C14H18BrNO2. The Morgan fingerprint density at radius 3 is 3.06 bits per heavy atom. The van der Waals surface area contributed by atoms with E-state index in [1.165, 1.54) is 0 Å². The number of halogens is 1. The number of Topliss-reactive ketones (excluding diaryl/α,β-unsaturated/α-hetero) is 1. The van der Waals surface area contributed by atoms with Crippen molar-refractivity contribution < 1.29 is 9.53 Å². The number of carbonyl (C=O) groups is 1. The predicted molar refractivity (Wildman–Crippen MR) is 75.7 cm³/mol. The van der Waals surface area contributed by atoms with E-state index < -0.39 is 0 Å². The van der Waals surface area contributed by atoms with Gasteiger partial charge >= 0.3 is 0 Å². The molecule has 0 aromatic heterocycles. The van der Waals surface area contributed by atoms with Gasteiger partial charge in [-0.25, -0.2) is 0 Å². The normalized spacial score (nSPS) is 19.1. The van der Waals surface area contributed by atoms with E-state index in [0.717, 1.165) is 36.8 Å². The van der Waals surface area contributed by atoms with Gasteiger partial charge in [-0.1, -0.05) is 15.9 Å². The molecule has 2 N–H and O–H groups in total. The van der Waals surface area contributed by atoms with Crippen LogP contribution < -0.4 is 5.73 Å². The average Bonchev–Trinajstić information content (AvgIpc) is 2.85. The third-order valence-electron chi connectivity index (χ3n) is 3.27. The van der Waals surface area contributed by atoms with Crippen molar-refractivity contribution in [3.05, 3.63) is 28.2 Å². The second-order valence-electron chi connectivity index (χ2n) is 4.68. The third kappa shape index (κ3) is 3.56. The number of carbonyl (C=O) groups excluding carboxylic acids is 1. The van der Waals surface area contributed by atoms with Gasteiger partial charge in [0.2, 0.25) is 0 Å². The van der Waals surface area contributed by atoms with Crippen molar-refractivity contribution in [1.29, 1.82) is 0 Å². The Morgan fingerprint density at radius 2 is 2.33 bits per heavy atom. The van der Waals surface area contributed by atoms with Crippen molar-refractivity contribution in [3.8, 4) is 0 Å². The molecule has 2 rings (SSSR count). The molecule has 1 aliphatic heterocycles. The summed E-state index contributed by atoms with van der Waals surface area (Å²) in [6, 6.07) is 5.40. The molecule has 3 nitrogen and oxygen atoms in total. The zero-order valence-corrected chi connectivity index (χ0v) is 11.9. The molecule has 0 aliphatic carbocycles. The summed E-state index contributed by atoms with van der Waals surface area (Å²) in [7, 11) is 0. The summed E-state index contributed by atoms with van der Waals surface area (Å²) in [5.74, 6) is 0.117. The number of ketones is 1. The number of hydrogen-bond donors (Lipinski definition) is 1. The van der Waals surface area contributed by atoms with Crippen molar-refractivity contribution in [1.82, 2.24) is 0 Å². The molecule has 98 valence electrons. The van der Waals surface area contributed by atoms with E-state index in [9.17, 15) is 4.79 Å². The van der Waals surface area contributed by atoms with Gasteiger partial charge in [-0.2, -0.15) is 0 Å². The second-order valence-corrected chi connectivity index (χ2v) is 5.60. The first-order valence-corrected chi connectivity index (χ1v) is 7.16. The van der Waals surface area contributed by atoms with Gasteiger partial charge in [-0.3, -0.25) is 4.79 Å². The summed E-state index contributed by atoms with van der Waals surface area (Å²) in [6.45, 7) is 0.872. The zero-order valence-electron chi connectivity index (χ0n) is 10.3. The molecule has 1 fully saturated rings. The van der Waals surface area contributed by atoms with Crippen LogP contribution in [0.4, 0.5) is 5.69 Å². The Balaban J connectivity index is 1.85. The lowest BCUT2D eigenvalue weighted by atomic mass is 10.0. The number of anilines is 1. The molecule has 1 heterocycles. The van der Waals surface area contributed by atoms with Crippen molar-refractivity contribution in [2.75, 3.05) is 12.3 Å². The van der Waals surface area contributed by atoms with Gasteiger partial charge in [0.25, 0.3) is 0 Å². The Kier molecular flexibility index (Phi) is 4.78. The van der Waals surface area contributed by atoms with E-state index in [0.29, 0.717) is 23.8 Å². The largest absolute Gasteiger partial charge is 0.398 e. The lowest BCUT2D eigenvalue weighted by molar-refractivity contribution is 0.0923. The molecule has 1 aromatic carbocycles. The Bertz CT molecular complexity index is 428. The van der Waals surface area contributed by atoms with Gasteiger partial charge < -0.3 is 10.5 Å². The zero-order chi connectivity index (χ0) is 13.0. The summed E-state index contributed by atoms with van der Waals surface area (Å²) >= 11 is 3.36. The Hall–Kier alpha value is -0.870. The third-order valence-corrected chi connectivity index (χ3v) is 3.76. The van der Waals surface area contributed by atoms with E-state index >= 15 is 0 Å². The van der Waals surface area contributed by atoms with E-state index in [1.807, 2.05) is 6.07 Å². The van der Waals surface area contributed by atoms with Gasteiger partial charge in [0.05, 0.1) is 6.10 Å². The van der Waals surface area contributed by atoms with Crippen LogP contribution in [-0.2, 0) is 4.74 Å². The summed E-state index contributed by atoms with van der Waals surface area (Å²) < 4.78 is 6.43. The fourth-order valence-corrected chi connectivity index (χ4v) is 2.63. The number of nitrogen functional groups attached to an aromatic ring is 1. The molecule has 0 bridgehead atoms. The highest BCUT2D eigenvalue weighted by Gasteiger charge is 2.16. The fraction of sp³-hybridized carbons (Fsp3) is 0.500. The van der Waals surface area contributed by atoms with Crippen molar-refractivity contribution in [2.45, 2.75) is 38.2 Å². The van der Waals surface area contributed by atoms with Gasteiger partial charge in [-0.15, -0.1) is 0 Å². The van der Waals surface area contributed by atoms with Crippen molar-refractivity contribution >= 4 is 27.4 Å². The summed E-state index contributed by atoms with van der Waals surface area (Å²) in [5.41, 5.74) is 7.00. The van der Waals surface area contributed by atoms with Gasteiger partial charge in [0, 0.05) is 28.8 Å². The van der Waals surface area contributed by atoms with Crippen LogP contribution in [0.2, 0.25) is 0 Å². The fourth-order valence-electron chi connectivity index (χ4n) is 2.27. The minimum atomic E-state index is 0.117. The lowest BCUT2D eigenvalue weighted by Gasteiger charge is -2.09. The number of rotatable bonds is 5. The van der Waals surface area contributed by atoms with Gasteiger partial charge in [0.1, 0.15) is 0 Å². The van der Waals surface area contributed by atoms with E-state index in [4.69, 9.17) is 10.5 Å². The highest BCUT2D eigenvalue weighted by molar-refractivity contribution is 9.10. The molecule has 0 spiro atoms. The first kappa shape index (κ1) is 13.6. The molecular weight excluding hydrogens is 294 g/mol. The minimum Gasteiger partial charge on any atom is -0.398 e. The van der Waals surface area contributed by atoms with Gasteiger partial charge in [-0.05, 0) is 43.9 Å². The molecule has 0 saturated carbocycles. The first-order valence-electron chi connectivity index (χ1n) is 6.36. The maximum Gasteiger partial charge on any atom is 0.164 e. The topological polar surface area (TPSA) is 52.3 Å². The van der Waals surface area contributed by atoms with Crippen molar-refractivity contribution in [3.63, 3.8) is 0 Å². The van der Waals surface area contributed by atoms with Crippen LogP contribution in [0.25, 0.3) is 0 Å². The highest BCUT2D eigenvalue weighted by Crippen LogP contribution is 2.22. The molecule has 4 heteroatoms. The molecule has 1 saturated heterocycles. The second kappa shape index (κ2) is 6.34. The van der Waals surface area contributed by atoms with E-state index in [2.05, 4.69) is 15.9 Å². The summed E-state index contributed by atoms with van der Waals surface area (Å²) in [6.07, 6.45) is 5.03. The monoisotopic (exact) mass is 311 g/mol. The summed E-state index contributed by atoms with van der Waals surface area (Å²) in [5, 5.41) is 0. The lowest BCUT2D eigenvalue weighted by Crippen LogP contribution is -2.08. The van der Waals surface area contributed by atoms with E-state index in [1.54, 1.807) is 12.1 Å². The van der Waals surface area contributed by atoms with Crippen LogP contribution in [0.15, 0.2) is 22.7 Å². The first-order chi connectivity index (χ1) is 8.66. The van der Waals surface area contributed by atoms with Crippen LogP contribution in [0, 0.1) is 0 Å². The maximum absolute atomic E-state index is 12.0. The number of hydrogen-bond acceptors (Lipinski definition) is 3. The Morgan fingerprint density at radius 1 is 1.50 bits per heavy atom. The van der Waals surface area contributed by atoms with Gasteiger partial charge in [0.15, 0.2) is 5.78 Å². The average molecular weight is 312 g/mol. The molecule has 18 heavy (non-hydrogen) atoms. The number of benzene rings is 1.